The molecule has 0 aromatic carbocycles. The minimum Gasteiger partial charge on any atom is -0.369 e. The van der Waals surface area contributed by atoms with Gasteiger partial charge in [0.1, 0.15) is 0 Å². The molecule has 0 aliphatic rings. The van der Waals surface area contributed by atoms with Crippen molar-refractivity contribution in [1.82, 2.24) is 0 Å². The van der Waals surface area contributed by atoms with Crippen molar-refractivity contribution in [2.75, 3.05) is 0 Å². The number of rotatable bonds is 7. The third-order valence-electron chi connectivity index (χ3n) is 2.32. The molecule has 2 N–H and O–H groups in total. The maximum atomic E-state index is 11.8. The van der Waals surface area contributed by atoms with Crippen molar-refractivity contribution in [2.45, 2.75) is 51.6 Å². The highest BCUT2D eigenvalue weighted by atomic mass is 19.4. The van der Waals surface area contributed by atoms with Crippen LogP contribution in [0.2, 0.25) is 0 Å². The number of primary amides is 1. The molecule has 0 spiro atoms. The summed E-state index contributed by atoms with van der Waals surface area (Å²) < 4.78 is 35.5. The second-order valence-electron chi connectivity index (χ2n) is 3.75. The molecule has 1 amide bonds. The monoisotopic (exact) mass is 225 g/mol. The van der Waals surface area contributed by atoms with E-state index in [0.29, 0.717) is 6.42 Å². The fourth-order valence-corrected chi connectivity index (χ4v) is 1.43. The first-order valence-corrected chi connectivity index (χ1v) is 5.23. The van der Waals surface area contributed by atoms with E-state index in [1.54, 1.807) is 0 Å². The first kappa shape index (κ1) is 14.3. The SMILES string of the molecule is CCCCC(CCCC(F)(F)F)C(N)=O. The smallest absolute Gasteiger partial charge is 0.369 e. The average molecular weight is 225 g/mol. The van der Waals surface area contributed by atoms with E-state index in [1.165, 1.54) is 0 Å². The fraction of sp³-hybridized carbons (Fsp3) is 0.900. The summed E-state index contributed by atoms with van der Waals surface area (Å²) >= 11 is 0. The molecule has 5 heteroatoms. The number of hydrogen-bond acceptors (Lipinski definition) is 1. The average Bonchev–Trinajstić information content (AvgIpc) is 2.08. The van der Waals surface area contributed by atoms with Crippen LogP contribution in [0.1, 0.15) is 45.4 Å². The van der Waals surface area contributed by atoms with Gasteiger partial charge in [-0.3, -0.25) is 4.79 Å². The summed E-state index contributed by atoms with van der Waals surface area (Å²) in [5.41, 5.74) is 5.11. The predicted octanol–water partition coefficient (Wildman–Crippen LogP) is 3.01. The summed E-state index contributed by atoms with van der Waals surface area (Å²) in [6.07, 6.45) is -2.38. The number of halogens is 3. The van der Waals surface area contributed by atoms with Gasteiger partial charge in [-0.1, -0.05) is 19.8 Å². The summed E-state index contributed by atoms with van der Waals surface area (Å²) in [5, 5.41) is 0. The van der Waals surface area contributed by atoms with Gasteiger partial charge in [-0.15, -0.1) is 0 Å². The van der Waals surface area contributed by atoms with E-state index in [4.69, 9.17) is 5.73 Å². The van der Waals surface area contributed by atoms with Gasteiger partial charge in [0.25, 0.3) is 0 Å². The van der Waals surface area contributed by atoms with Crippen molar-refractivity contribution in [1.29, 1.82) is 0 Å². The number of unbranched alkanes of at least 4 members (excludes halogenated alkanes) is 1. The molecule has 0 saturated carbocycles. The molecule has 90 valence electrons. The number of alkyl halides is 3. The fourth-order valence-electron chi connectivity index (χ4n) is 1.43. The van der Waals surface area contributed by atoms with Crippen molar-refractivity contribution in [3.8, 4) is 0 Å². The van der Waals surface area contributed by atoms with Gasteiger partial charge in [0, 0.05) is 12.3 Å². The molecule has 15 heavy (non-hydrogen) atoms. The van der Waals surface area contributed by atoms with Gasteiger partial charge in [-0.2, -0.15) is 13.2 Å². The van der Waals surface area contributed by atoms with Crippen LogP contribution in [0.15, 0.2) is 0 Å². The van der Waals surface area contributed by atoms with E-state index >= 15 is 0 Å². The Morgan fingerprint density at radius 2 is 1.80 bits per heavy atom. The normalized spacial score (nSPS) is 13.9. The van der Waals surface area contributed by atoms with Crippen LogP contribution in [0.3, 0.4) is 0 Å². The largest absolute Gasteiger partial charge is 0.389 e. The van der Waals surface area contributed by atoms with Gasteiger partial charge in [0.05, 0.1) is 0 Å². The lowest BCUT2D eigenvalue weighted by atomic mass is 9.95. The Morgan fingerprint density at radius 3 is 2.20 bits per heavy atom. The number of hydrogen-bond donors (Lipinski definition) is 1. The van der Waals surface area contributed by atoms with Crippen molar-refractivity contribution >= 4 is 5.91 Å². The minimum atomic E-state index is -4.13. The van der Waals surface area contributed by atoms with Crippen LogP contribution in [0.4, 0.5) is 13.2 Å². The van der Waals surface area contributed by atoms with E-state index in [9.17, 15) is 18.0 Å². The predicted molar refractivity (Wildman–Crippen MR) is 52.1 cm³/mol. The number of nitrogens with two attached hydrogens (primary N) is 1. The Morgan fingerprint density at radius 1 is 1.27 bits per heavy atom. The van der Waals surface area contributed by atoms with Crippen LogP contribution in [-0.2, 0) is 4.79 Å². The second kappa shape index (κ2) is 6.69. The maximum Gasteiger partial charge on any atom is 0.389 e. The molecule has 0 aliphatic heterocycles. The van der Waals surface area contributed by atoms with Crippen LogP contribution >= 0.6 is 0 Å². The molecule has 0 bridgehead atoms. The van der Waals surface area contributed by atoms with Gasteiger partial charge in [-0.05, 0) is 19.3 Å². The zero-order valence-corrected chi connectivity index (χ0v) is 8.94. The van der Waals surface area contributed by atoms with Crippen LogP contribution < -0.4 is 5.73 Å². The Hall–Kier alpha value is -0.740. The van der Waals surface area contributed by atoms with E-state index in [1.807, 2.05) is 6.92 Å². The summed E-state index contributed by atoms with van der Waals surface area (Å²) in [5.74, 6) is -0.877. The maximum absolute atomic E-state index is 11.8. The quantitative estimate of drug-likeness (QED) is 0.711. The third-order valence-corrected chi connectivity index (χ3v) is 2.32. The van der Waals surface area contributed by atoms with Gasteiger partial charge < -0.3 is 5.73 Å². The standard InChI is InChI=1S/C10H18F3NO/c1-2-3-5-8(9(14)15)6-4-7-10(11,12)13/h8H,2-7H2,1H3,(H2,14,15). The summed E-state index contributed by atoms with van der Waals surface area (Å²) in [4.78, 5) is 10.9. The molecule has 0 saturated heterocycles. The summed E-state index contributed by atoms with van der Waals surface area (Å²) in [6, 6.07) is 0. The number of amides is 1. The summed E-state index contributed by atoms with van der Waals surface area (Å²) in [7, 11) is 0. The lowest BCUT2D eigenvalue weighted by molar-refractivity contribution is -0.137. The van der Waals surface area contributed by atoms with Crippen molar-refractivity contribution in [2.24, 2.45) is 11.7 Å². The first-order valence-electron chi connectivity index (χ1n) is 5.23. The van der Waals surface area contributed by atoms with Crippen LogP contribution in [0.5, 0.6) is 0 Å². The van der Waals surface area contributed by atoms with Gasteiger partial charge in [0.15, 0.2) is 0 Å². The van der Waals surface area contributed by atoms with Crippen LogP contribution in [-0.4, -0.2) is 12.1 Å². The molecule has 1 atom stereocenters. The number of carbonyl (C=O) groups is 1. The van der Waals surface area contributed by atoms with Crippen molar-refractivity contribution in [3.05, 3.63) is 0 Å². The Labute approximate surface area is 88.0 Å². The molecule has 0 aliphatic carbocycles. The summed E-state index contributed by atoms with van der Waals surface area (Å²) in [6.45, 7) is 1.97. The minimum absolute atomic E-state index is 0.0131. The highest BCUT2D eigenvalue weighted by Crippen LogP contribution is 2.25. The van der Waals surface area contributed by atoms with E-state index in [2.05, 4.69) is 0 Å². The van der Waals surface area contributed by atoms with Gasteiger partial charge >= 0.3 is 6.18 Å². The highest BCUT2D eigenvalue weighted by molar-refractivity contribution is 5.76. The topological polar surface area (TPSA) is 43.1 Å². The highest BCUT2D eigenvalue weighted by Gasteiger charge is 2.27. The van der Waals surface area contributed by atoms with E-state index in [0.717, 1.165) is 12.8 Å². The molecule has 0 rings (SSSR count). The van der Waals surface area contributed by atoms with Crippen LogP contribution in [0, 0.1) is 5.92 Å². The Balaban J connectivity index is 3.81. The molecule has 0 heterocycles. The first-order chi connectivity index (χ1) is 6.87. The molecule has 0 aromatic rings. The molecular formula is C10H18F3NO. The lowest BCUT2D eigenvalue weighted by Gasteiger charge is -2.13. The zero-order chi connectivity index (χ0) is 11.9. The van der Waals surface area contributed by atoms with Crippen molar-refractivity contribution < 1.29 is 18.0 Å². The molecular weight excluding hydrogens is 207 g/mol. The Bertz CT molecular complexity index is 192. The molecule has 0 fully saturated rings. The molecule has 1 unspecified atom stereocenters. The van der Waals surface area contributed by atoms with Crippen LogP contribution in [0.25, 0.3) is 0 Å². The molecule has 0 aromatic heterocycles. The third kappa shape index (κ3) is 8.27. The van der Waals surface area contributed by atoms with Crippen molar-refractivity contribution in [3.63, 3.8) is 0 Å². The lowest BCUT2D eigenvalue weighted by Crippen LogP contribution is -2.23. The van der Waals surface area contributed by atoms with Gasteiger partial charge in [0.2, 0.25) is 5.91 Å². The van der Waals surface area contributed by atoms with E-state index in [-0.39, 0.29) is 12.8 Å². The zero-order valence-electron chi connectivity index (χ0n) is 8.94. The van der Waals surface area contributed by atoms with Gasteiger partial charge in [-0.25, -0.2) is 0 Å². The van der Waals surface area contributed by atoms with E-state index < -0.39 is 24.4 Å². The molecule has 0 radical (unpaired) electrons. The number of carbonyl (C=O) groups excluding carboxylic acids is 1. The molecule has 2 nitrogen and oxygen atoms in total. The second-order valence-corrected chi connectivity index (χ2v) is 3.75. The Kier molecular flexibility index (Phi) is 6.36.